The van der Waals surface area contributed by atoms with E-state index in [1.165, 1.54) is 5.56 Å². The van der Waals surface area contributed by atoms with Gasteiger partial charge in [0, 0.05) is 26.2 Å². The fourth-order valence-electron chi connectivity index (χ4n) is 2.21. The van der Waals surface area contributed by atoms with Crippen LogP contribution in [0.25, 0.3) is 0 Å². The van der Waals surface area contributed by atoms with E-state index in [1.54, 1.807) is 6.92 Å². The van der Waals surface area contributed by atoms with Gasteiger partial charge in [0.2, 0.25) is 5.91 Å². The fourth-order valence-corrected chi connectivity index (χ4v) is 2.21. The van der Waals surface area contributed by atoms with Gasteiger partial charge in [0.15, 0.2) is 0 Å². The second-order valence-electron chi connectivity index (χ2n) is 5.21. The third-order valence-corrected chi connectivity index (χ3v) is 3.38. The zero-order valence-corrected chi connectivity index (χ0v) is 12.0. The highest BCUT2D eigenvalue weighted by molar-refractivity contribution is 5.80. The lowest BCUT2D eigenvalue weighted by Crippen LogP contribution is -2.37. The SMILES string of the molecule is C[C@@H](N)C(=O)NCc1cccc(CN2CCOCC2)c1. The number of nitrogens with one attached hydrogen (secondary N) is 1. The quantitative estimate of drug-likeness (QED) is 0.821. The van der Waals surface area contributed by atoms with Crippen molar-refractivity contribution in [2.45, 2.75) is 26.1 Å². The van der Waals surface area contributed by atoms with Gasteiger partial charge < -0.3 is 15.8 Å². The lowest BCUT2D eigenvalue weighted by atomic mass is 10.1. The molecule has 5 nitrogen and oxygen atoms in total. The van der Waals surface area contributed by atoms with E-state index in [2.05, 4.69) is 22.3 Å². The number of carbonyl (C=O) groups excluding carboxylic acids is 1. The van der Waals surface area contributed by atoms with Crippen LogP contribution in [0.1, 0.15) is 18.1 Å². The van der Waals surface area contributed by atoms with Gasteiger partial charge in [-0.25, -0.2) is 0 Å². The van der Waals surface area contributed by atoms with Crippen LogP contribution in [0.15, 0.2) is 24.3 Å². The normalized spacial score (nSPS) is 17.7. The van der Waals surface area contributed by atoms with Crippen LogP contribution in [0.4, 0.5) is 0 Å². The number of amides is 1. The van der Waals surface area contributed by atoms with Crippen molar-refractivity contribution in [3.63, 3.8) is 0 Å². The third-order valence-electron chi connectivity index (χ3n) is 3.38. The lowest BCUT2D eigenvalue weighted by molar-refractivity contribution is -0.122. The average molecular weight is 277 g/mol. The van der Waals surface area contributed by atoms with Crippen LogP contribution in [-0.2, 0) is 22.6 Å². The number of hydrogen-bond acceptors (Lipinski definition) is 4. The van der Waals surface area contributed by atoms with E-state index in [1.807, 2.05) is 12.1 Å². The van der Waals surface area contributed by atoms with Crippen molar-refractivity contribution in [2.75, 3.05) is 26.3 Å². The second kappa shape index (κ2) is 7.38. The first-order valence-corrected chi connectivity index (χ1v) is 7.06. The summed E-state index contributed by atoms with van der Waals surface area (Å²) in [6.45, 7) is 6.71. The monoisotopic (exact) mass is 277 g/mol. The minimum atomic E-state index is -0.466. The van der Waals surface area contributed by atoms with Gasteiger partial charge in [-0.1, -0.05) is 24.3 Å². The molecule has 1 aliphatic heterocycles. The van der Waals surface area contributed by atoms with Crippen LogP contribution in [0.5, 0.6) is 0 Å². The zero-order chi connectivity index (χ0) is 14.4. The maximum Gasteiger partial charge on any atom is 0.236 e. The minimum absolute atomic E-state index is 0.122. The van der Waals surface area contributed by atoms with Crippen molar-refractivity contribution < 1.29 is 9.53 Å². The summed E-state index contributed by atoms with van der Waals surface area (Å²) in [6.07, 6.45) is 0. The molecule has 1 aromatic carbocycles. The molecule has 1 saturated heterocycles. The number of benzene rings is 1. The first kappa shape index (κ1) is 15.0. The molecule has 1 amide bonds. The molecule has 1 aromatic rings. The van der Waals surface area contributed by atoms with Gasteiger partial charge in [-0.3, -0.25) is 9.69 Å². The van der Waals surface area contributed by atoms with Gasteiger partial charge in [-0.05, 0) is 18.1 Å². The lowest BCUT2D eigenvalue weighted by Gasteiger charge is -2.26. The number of rotatable bonds is 5. The van der Waals surface area contributed by atoms with Crippen molar-refractivity contribution in [2.24, 2.45) is 5.73 Å². The number of hydrogen-bond donors (Lipinski definition) is 2. The van der Waals surface area contributed by atoms with Crippen molar-refractivity contribution >= 4 is 5.91 Å². The Kier molecular flexibility index (Phi) is 5.52. The average Bonchev–Trinajstić information content (AvgIpc) is 2.46. The van der Waals surface area contributed by atoms with Crippen LogP contribution in [0.3, 0.4) is 0 Å². The van der Waals surface area contributed by atoms with Gasteiger partial charge in [-0.15, -0.1) is 0 Å². The van der Waals surface area contributed by atoms with Gasteiger partial charge in [0.1, 0.15) is 0 Å². The number of morpholine rings is 1. The van der Waals surface area contributed by atoms with Gasteiger partial charge >= 0.3 is 0 Å². The molecule has 1 fully saturated rings. The van der Waals surface area contributed by atoms with E-state index >= 15 is 0 Å². The summed E-state index contributed by atoms with van der Waals surface area (Å²) in [5.74, 6) is -0.122. The largest absolute Gasteiger partial charge is 0.379 e. The Morgan fingerprint density at radius 3 is 2.80 bits per heavy atom. The molecule has 0 spiro atoms. The molecule has 20 heavy (non-hydrogen) atoms. The number of carbonyl (C=O) groups is 1. The highest BCUT2D eigenvalue weighted by atomic mass is 16.5. The van der Waals surface area contributed by atoms with Crippen LogP contribution >= 0.6 is 0 Å². The molecule has 0 unspecified atom stereocenters. The summed E-state index contributed by atoms with van der Waals surface area (Å²) in [5, 5.41) is 2.83. The van der Waals surface area contributed by atoms with E-state index in [9.17, 15) is 4.79 Å². The topological polar surface area (TPSA) is 67.6 Å². The molecule has 0 radical (unpaired) electrons. The molecule has 3 N–H and O–H groups in total. The Hall–Kier alpha value is -1.43. The third kappa shape index (κ3) is 4.59. The Labute approximate surface area is 120 Å². The Morgan fingerprint density at radius 2 is 2.10 bits per heavy atom. The molecular weight excluding hydrogens is 254 g/mol. The first-order valence-electron chi connectivity index (χ1n) is 7.06. The molecular formula is C15H23N3O2. The van der Waals surface area contributed by atoms with Crippen LogP contribution in [-0.4, -0.2) is 43.2 Å². The predicted octanol–water partition coefficient (Wildman–Crippen LogP) is 0.482. The molecule has 1 atom stereocenters. The minimum Gasteiger partial charge on any atom is -0.379 e. The summed E-state index contributed by atoms with van der Waals surface area (Å²) < 4.78 is 5.35. The molecule has 0 bridgehead atoms. The van der Waals surface area contributed by atoms with Gasteiger partial charge in [0.05, 0.1) is 19.3 Å². The van der Waals surface area contributed by atoms with Crippen molar-refractivity contribution in [1.82, 2.24) is 10.2 Å². The van der Waals surface area contributed by atoms with E-state index in [0.29, 0.717) is 6.54 Å². The Bertz CT molecular complexity index is 442. The number of ether oxygens (including phenoxy) is 1. The summed E-state index contributed by atoms with van der Waals surface area (Å²) in [5.41, 5.74) is 7.89. The van der Waals surface area contributed by atoms with Crippen molar-refractivity contribution in [3.05, 3.63) is 35.4 Å². The highest BCUT2D eigenvalue weighted by Crippen LogP contribution is 2.10. The molecule has 2 rings (SSSR count). The highest BCUT2D eigenvalue weighted by Gasteiger charge is 2.11. The van der Waals surface area contributed by atoms with Crippen molar-refractivity contribution in [3.8, 4) is 0 Å². The summed E-state index contributed by atoms with van der Waals surface area (Å²) in [7, 11) is 0. The van der Waals surface area contributed by atoms with E-state index < -0.39 is 6.04 Å². The molecule has 0 aromatic heterocycles. The van der Waals surface area contributed by atoms with Crippen molar-refractivity contribution in [1.29, 1.82) is 0 Å². The molecule has 0 saturated carbocycles. The maximum absolute atomic E-state index is 11.5. The Balaban J connectivity index is 1.88. The van der Waals surface area contributed by atoms with Gasteiger partial charge in [0.25, 0.3) is 0 Å². The predicted molar refractivity (Wildman–Crippen MR) is 78.0 cm³/mol. The standard InChI is InChI=1S/C15H23N3O2/c1-12(16)15(19)17-10-13-3-2-4-14(9-13)11-18-5-7-20-8-6-18/h2-4,9,12H,5-8,10-11,16H2,1H3,(H,17,19)/t12-/m1/s1. The Morgan fingerprint density at radius 1 is 1.40 bits per heavy atom. The first-order chi connectivity index (χ1) is 9.65. The van der Waals surface area contributed by atoms with Gasteiger partial charge in [-0.2, -0.15) is 0 Å². The van der Waals surface area contributed by atoms with Crippen LogP contribution < -0.4 is 11.1 Å². The zero-order valence-electron chi connectivity index (χ0n) is 12.0. The second-order valence-corrected chi connectivity index (χ2v) is 5.21. The summed E-state index contributed by atoms with van der Waals surface area (Å²) >= 11 is 0. The molecule has 110 valence electrons. The molecule has 1 aliphatic rings. The van der Waals surface area contributed by atoms with E-state index in [-0.39, 0.29) is 5.91 Å². The molecule has 1 heterocycles. The maximum atomic E-state index is 11.5. The molecule has 0 aliphatic carbocycles. The van der Waals surface area contributed by atoms with E-state index in [0.717, 1.165) is 38.4 Å². The van der Waals surface area contributed by atoms with Crippen LogP contribution in [0, 0.1) is 0 Å². The van der Waals surface area contributed by atoms with E-state index in [4.69, 9.17) is 10.5 Å². The summed E-state index contributed by atoms with van der Waals surface area (Å²) in [4.78, 5) is 13.8. The fraction of sp³-hybridized carbons (Fsp3) is 0.533. The smallest absolute Gasteiger partial charge is 0.236 e. The molecule has 5 heteroatoms. The van der Waals surface area contributed by atoms with Crippen LogP contribution in [0.2, 0.25) is 0 Å². The number of nitrogens with zero attached hydrogens (tertiary/aromatic N) is 1. The number of nitrogens with two attached hydrogens (primary N) is 1. The summed E-state index contributed by atoms with van der Waals surface area (Å²) in [6, 6.07) is 7.84.